The molecule has 0 radical (unpaired) electrons. The minimum absolute atomic E-state index is 0.0616. The lowest BCUT2D eigenvalue weighted by molar-refractivity contribution is 0.544. The summed E-state index contributed by atoms with van der Waals surface area (Å²) in [6.45, 7) is 13.4. The van der Waals surface area contributed by atoms with E-state index in [2.05, 4.69) is 62.4 Å². The molecule has 0 aliphatic heterocycles. The van der Waals surface area contributed by atoms with Crippen LogP contribution in [0.25, 0.3) is 5.57 Å². The van der Waals surface area contributed by atoms with E-state index in [0.29, 0.717) is 0 Å². The van der Waals surface area contributed by atoms with Crippen LogP contribution in [0.3, 0.4) is 0 Å². The highest BCUT2D eigenvalue weighted by Gasteiger charge is 2.20. The van der Waals surface area contributed by atoms with Crippen molar-refractivity contribution in [2.75, 3.05) is 0 Å². The Hall–Kier alpha value is -1.83. The Kier molecular flexibility index (Phi) is 3.61. The van der Waals surface area contributed by atoms with Crippen molar-refractivity contribution in [2.24, 2.45) is 0 Å². The molecular weight excluding hydrogens is 232 g/mol. The van der Waals surface area contributed by atoms with Crippen LogP contribution in [-0.2, 0) is 12.0 Å². The fraction of sp³-hybridized carbons (Fsp3) is 0.353. The average molecular weight is 254 g/mol. The van der Waals surface area contributed by atoms with Gasteiger partial charge in [-0.25, -0.2) is 0 Å². The quantitative estimate of drug-likeness (QED) is 0.800. The molecule has 1 aromatic heterocycles. The second-order valence-electron chi connectivity index (χ2n) is 6.09. The van der Waals surface area contributed by atoms with Crippen LogP contribution >= 0.6 is 0 Å². The SMILES string of the molecule is C=C(C)c1cc(C(C)(C)C)nn1Cc1ccccc1. The van der Waals surface area contributed by atoms with Crippen molar-refractivity contribution in [3.8, 4) is 0 Å². The zero-order valence-electron chi connectivity index (χ0n) is 12.3. The zero-order chi connectivity index (χ0) is 14.0. The molecule has 0 spiro atoms. The van der Waals surface area contributed by atoms with Gasteiger partial charge in [0.2, 0.25) is 0 Å². The molecule has 0 unspecified atom stereocenters. The van der Waals surface area contributed by atoms with Crippen LogP contribution < -0.4 is 0 Å². The summed E-state index contributed by atoms with van der Waals surface area (Å²) in [6.07, 6.45) is 0. The monoisotopic (exact) mass is 254 g/mol. The molecule has 19 heavy (non-hydrogen) atoms. The third-order valence-corrected chi connectivity index (χ3v) is 3.16. The highest BCUT2D eigenvalue weighted by molar-refractivity contribution is 5.58. The molecule has 100 valence electrons. The Bertz CT molecular complexity index is 571. The van der Waals surface area contributed by atoms with Gasteiger partial charge < -0.3 is 0 Å². The van der Waals surface area contributed by atoms with Gasteiger partial charge in [-0.1, -0.05) is 57.7 Å². The molecule has 0 aliphatic rings. The molecule has 1 aromatic carbocycles. The maximum atomic E-state index is 4.75. The normalized spacial score (nSPS) is 11.6. The highest BCUT2D eigenvalue weighted by atomic mass is 15.3. The van der Waals surface area contributed by atoms with Crippen LogP contribution in [0, 0.1) is 0 Å². The third kappa shape index (κ3) is 3.14. The van der Waals surface area contributed by atoms with E-state index in [9.17, 15) is 0 Å². The lowest BCUT2D eigenvalue weighted by Crippen LogP contribution is -2.13. The minimum Gasteiger partial charge on any atom is -0.261 e. The van der Waals surface area contributed by atoms with Crippen molar-refractivity contribution in [1.82, 2.24) is 9.78 Å². The predicted molar refractivity (Wildman–Crippen MR) is 81.2 cm³/mol. The van der Waals surface area contributed by atoms with Crippen LogP contribution in [0.5, 0.6) is 0 Å². The first-order valence-corrected chi connectivity index (χ1v) is 6.66. The lowest BCUT2D eigenvalue weighted by Gasteiger charge is -2.14. The Morgan fingerprint density at radius 2 is 1.84 bits per heavy atom. The Morgan fingerprint density at radius 1 is 1.21 bits per heavy atom. The highest BCUT2D eigenvalue weighted by Crippen LogP contribution is 2.24. The number of aromatic nitrogens is 2. The van der Waals surface area contributed by atoms with E-state index in [-0.39, 0.29) is 5.41 Å². The Labute approximate surface area is 115 Å². The first kappa shape index (κ1) is 13.6. The van der Waals surface area contributed by atoms with Crippen LogP contribution in [0.2, 0.25) is 0 Å². The smallest absolute Gasteiger partial charge is 0.0684 e. The molecule has 2 heteroatoms. The summed E-state index contributed by atoms with van der Waals surface area (Å²) in [6, 6.07) is 12.6. The molecular formula is C17H22N2. The van der Waals surface area contributed by atoms with Crippen molar-refractivity contribution in [3.05, 3.63) is 59.9 Å². The molecule has 0 saturated carbocycles. The number of allylic oxidation sites excluding steroid dienone is 1. The fourth-order valence-corrected chi connectivity index (χ4v) is 2.00. The number of rotatable bonds is 3. The maximum absolute atomic E-state index is 4.75. The minimum atomic E-state index is 0.0616. The van der Waals surface area contributed by atoms with E-state index < -0.39 is 0 Å². The number of hydrogen-bond acceptors (Lipinski definition) is 1. The van der Waals surface area contributed by atoms with Gasteiger partial charge in [0.15, 0.2) is 0 Å². The van der Waals surface area contributed by atoms with Crippen LogP contribution in [0.15, 0.2) is 43.0 Å². The molecule has 0 saturated heterocycles. The van der Waals surface area contributed by atoms with E-state index >= 15 is 0 Å². The van der Waals surface area contributed by atoms with Gasteiger partial charge in [-0.15, -0.1) is 0 Å². The predicted octanol–water partition coefficient (Wildman–Crippen LogP) is 4.26. The van der Waals surface area contributed by atoms with Gasteiger partial charge in [0.05, 0.1) is 17.9 Å². The maximum Gasteiger partial charge on any atom is 0.0684 e. The molecule has 0 amide bonds. The summed E-state index contributed by atoms with van der Waals surface area (Å²) in [5, 5.41) is 4.75. The number of nitrogens with zero attached hydrogens (tertiary/aromatic N) is 2. The van der Waals surface area contributed by atoms with Crippen LogP contribution in [-0.4, -0.2) is 9.78 Å². The second kappa shape index (κ2) is 5.04. The van der Waals surface area contributed by atoms with E-state index in [0.717, 1.165) is 23.5 Å². The lowest BCUT2D eigenvalue weighted by atomic mass is 9.92. The summed E-state index contributed by atoms with van der Waals surface area (Å²) < 4.78 is 2.05. The van der Waals surface area contributed by atoms with Gasteiger partial charge >= 0.3 is 0 Å². The number of benzene rings is 1. The molecule has 0 N–H and O–H groups in total. The molecule has 2 rings (SSSR count). The van der Waals surface area contributed by atoms with Gasteiger partial charge in [-0.2, -0.15) is 5.10 Å². The first-order valence-electron chi connectivity index (χ1n) is 6.66. The van der Waals surface area contributed by atoms with Gasteiger partial charge in [0.25, 0.3) is 0 Å². The van der Waals surface area contributed by atoms with Crippen molar-refractivity contribution >= 4 is 5.57 Å². The summed E-state index contributed by atoms with van der Waals surface area (Å²) in [5.74, 6) is 0. The molecule has 2 aromatic rings. The summed E-state index contributed by atoms with van der Waals surface area (Å²) in [7, 11) is 0. The Morgan fingerprint density at radius 3 is 2.37 bits per heavy atom. The van der Waals surface area contributed by atoms with Crippen molar-refractivity contribution < 1.29 is 0 Å². The van der Waals surface area contributed by atoms with Crippen molar-refractivity contribution in [2.45, 2.75) is 39.7 Å². The summed E-state index contributed by atoms with van der Waals surface area (Å²) in [4.78, 5) is 0. The van der Waals surface area contributed by atoms with E-state index in [4.69, 9.17) is 5.10 Å². The first-order chi connectivity index (χ1) is 8.88. The van der Waals surface area contributed by atoms with Crippen molar-refractivity contribution in [3.63, 3.8) is 0 Å². The second-order valence-corrected chi connectivity index (χ2v) is 6.09. The van der Waals surface area contributed by atoms with E-state index in [1.807, 2.05) is 13.0 Å². The standard InChI is InChI=1S/C17H22N2/c1-13(2)15-11-16(17(3,4)5)18-19(15)12-14-9-7-6-8-10-14/h6-11H,1,12H2,2-5H3. The molecule has 0 fully saturated rings. The van der Waals surface area contributed by atoms with Gasteiger partial charge in [0.1, 0.15) is 0 Å². The Balaban J connectivity index is 2.39. The largest absolute Gasteiger partial charge is 0.261 e. The summed E-state index contributed by atoms with van der Waals surface area (Å²) in [5.41, 5.74) is 4.61. The zero-order valence-corrected chi connectivity index (χ0v) is 12.3. The van der Waals surface area contributed by atoms with Gasteiger partial charge in [-0.05, 0) is 24.1 Å². The average Bonchev–Trinajstić information content (AvgIpc) is 2.74. The van der Waals surface area contributed by atoms with Gasteiger partial charge in [0, 0.05) is 5.41 Å². The number of hydrogen-bond donors (Lipinski definition) is 0. The molecule has 0 atom stereocenters. The summed E-state index contributed by atoms with van der Waals surface area (Å²) >= 11 is 0. The van der Waals surface area contributed by atoms with Crippen molar-refractivity contribution in [1.29, 1.82) is 0 Å². The van der Waals surface area contributed by atoms with E-state index in [1.165, 1.54) is 5.56 Å². The molecule has 2 nitrogen and oxygen atoms in total. The molecule has 0 bridgehead atoms. The third-order valence-electron chi connectivity index (χ3n) is 3.16. The topological polar surface area (TPSA) is 17.8 Å². The van der Waals surface area contributed by atoms with Crippen LogP contribution in [0.1, 0.15) is 44.6 Å². The molecule has 1 heterocycles. The van der Waals surface area contributed by atoms with Crippen LogP contribution in [0.4, 0.5) is 0 Å². The van der Waals surface area contributed by atoms with Gasteiger partial charge in [-0.3, -0.25) is 4.68 Å². The van der Waals surface area contributed by atoms with E-state index in [1.54, 1.807) is 0 Å². The fourth-order valence-electron chi connectivity index (χ4n) is 2.00. The molecule has 0 aliphatic carbocycles.